The van der Waals surface area contributed by atoms with Crippen LogP contribution in [0.25, 0.3) is 0 Å². The molecule has 5 heteroatoms. The third-order valence-electron chi connectivity index (χ3n) is 4.48. The van der Waals surface area contributed by atoms with Crippen LogP contribution < -0.4 is 9.47 Å². The number of hydrogen-bond donors (Lipinski definition) is 1. The van der Waals surface area contributed by atoms with Crippen molar-refractivity contribution in [2.45, 2.75) is 27.7 Å². The van der Waals surface area contributed by atoms with Gasteiger partial charge < -0.3 is 14.6 Å². The molecule has 0 aromatic heterocycles. The number of aromatic hydroxyl groups is 1. The molecule has 0 saturated carbocycles. The van der Waals surface area contributed by atoms with E-state index >= 15 is 0 Å². The predicted octanol–water partition coefficient (Wildman–Crippen LogP) is 5.06. The lowest BCUT2D eigenvalue weighted by atomic mass is 10.1. The maximum Gasteiger partial charge on any atom is 0.347 e. The third-order valence-corrected chi connectivity index (χ3v) is 4.48. The Labute approximate surface area is 169 Å². The first-order chi connectivity index (χ1) is 13.7. The Hall–Kier alpha value is -3.60. The topological polar surface area (TPSA) is 72.8 Å². The molecule has 0 radical (unpaired) electrons. The summed E-state index contributed by atoms with van der Waals surface area (Å²) in [4.78, 5) is 25.3. The summed E-state index contributed by atoms with van der Waals surface area (Å²) in [5.74, 6) is -1.04. The highest BCUT2D eigenvalue weighted by molar-refractivity contribution is 5.98. The summed E-state index contributed by atoms with van der Waals surface area (Å²) < 4.78 is 11.0. The molecule has 3 rings (SSSR count). The number of aryl methyl sites for hydroxylation is 4. The van der Waals surface area contributed by atoms with E-state index in [-0.39, 0.29) is 22.6 Å². The number of ether oxygens (including phenoxy) is 2. The zero-order valence-electron chi connectivity index (χ0n) is 16.8. The van der Waals surface area contributed by atoms with E-state index in [1.165, 1.54) is 12.1 Å². The molecule has 0 atom stereocenters. The summed E-state index contributed by atoms with van der Waals surface area (Å²) in [5.41, 5.74) is 3.54. The van der Waals surface area contributed by atoms with Gasteiger partial charge in [-0.1, -0.05) is 24.3 Å². The zero-order valence-corrected chi connectivity index (χ0v) is 16.8. The Bertz CT molecular complexity index is 1100. The normalized spacial score (nSPS) is 10.5. The van der Waals surface area contributed by atoms with Gasteiger partial charge in [-0.2, -0.15) is 0 Å². The standard InChI is InChI=1S/C24H22O5/c1-14-6-9-18(20(25)11-14)23(26)29-22-13-16(3)7-10-19(22)24(27)28-21-12-15(2)5-8-17(21)4/h5-13,25H,1-4H3. The summed E-state index contributed by atoms with van der Waals surface area (Å²) in [6.07, 6.45) is 0. The molecule has 5 nitrogen and oxygen atoms in total. The predicted molar refractivity (Wildman–Crippen MR) is 110 cm³/mol. The molecule has 3 aromatic carbocycles. The van der Waals surface area contributed by atoms with Crippen LogP contribution in [0.15, 0.2) is 54.6 Å². The number of carbonyl (C=O) groups is 2. The molecule has 0 fully saturated rings. The minimum absolute atomic E-state index is 0.0194. The van der Waals surface area contributed by atoms with Crippen molar-refractivity contribution in [2.75, 3.05) is 0 Å². The zero-order chi connectivity index (χ0) is 21.1. The van der Waals surface area contributed by atoms with E-state index in [0.29, 0.717) is 5.75 Å². The fourth-order valence-electron chi connectivity index (χ4n) is 2.82. The Morgan fingerprint density at radius 3 is 1.79 bits per heavy atom. The molecule has 29 heavy (non-hydrogen) atoms. The van der Waals surface area contributed by atoms with Gasteiger partial charge >= 0.3 is 11.9 Å². The van der Waals surface area contributed by atoms with Crippen molar-refractivity contribution < 1.29 is 24.2 Å². The van der Waals surface area contributed by atoms with Crippen LogP contribution in [0.2, 0.25) is 0 Å². The minimum atomic E-state index is -0.756. The molecule has 0 saturated heterocycles. The lowest BCUT2D eigenvalue weighted by molar-refractivity contribution is 0.0705. The first-order valence-corrected chi connectivity index (χ1v) is 9.16. The van der Waals surface area contributed by atoms with Gasteiger partial charge in [-0.05, 0) is 80.3 Å². The average Bonchev–Trinajstić information content (AvgIpc) is 2.64. The summed E-state index contributed by atoms with van der Waals surface area (Å²) in [7, 11) is 0. The summed E-state index contributed by atoms with van der Waals surface area (Å²) in [5, 5.41) is 10.0. The van der Waals surface area contributed by atoms with Crippen LogP contribution in [0, 0.1) is 27.7 Å². The van der Waals surface area contributed by atoms with E-state index in [2.05, 4.69) is 0 Å². The van der Waals surface area contributed by atoms with Gasteiger partial charge in [0.1, 0.15) is 28.4 Å². The van der Waals surface area contributed by atoms with E-state index in [0.717, 1.165) is 22.3 Å². The van der Waals surface area contributed by atoms with Crippen molar-refractivity contribution in [1.82, 2.24) is 0 Å². The monoisotopic (exact) mass is 390 g/mol. The largest absolute Gasteiger partial charge is 0.507 e. The lowest BCUT2D eigenvalue weighted by Crippen LogP contribution is -2.15. The molecule has 0 unspecified atom stereocenters. The molecular weight excluding hydrogens is 368 g/mol. The van der Waals surface area contributed by atoms with Crippen molar-refractivity contribution in [1.29, 1.82) is 0 Å². The van der Waals surface area contributed by atoms with E-state index in [1.54, 1.807) is 37.3 Å². The first-order valence-electron chi connectivity index (χ1n) is 9.16. The number of esters is 2. The molecule has 0 aliphatic rings. The van der Waals surface area contributed by atoms with Gasteiger partial charge in [0.25, 0.3) is 0 Å². The third kappa shape index (κ3) is 4.63. The van der Waals surface area contributed by atoms with E-state index < -0.39 is 11.9 Å². The fraction of sp³-hybridized carbons (Fsp3) is 0.167. The summed E-state index contributed by atoms with van der Waals surface area (Å²) in [6, 6.07) is 15.1. The fourth-order valence-corrected chi connectivity index (χ4v) is 2.82. The molecule has 148 valence electrons. The van der Waals surface area contributed by atoms with Crippen molar-refractivity contribution >= 4 is 11.9 Å². The highest BCUT2D eigenvalue weighted by Gasteiger charge is 2.21. The van der Waals surface area contributed by atoms with Crippen molar-refractivity contribution in [3.8, 4) is 17.2 Å². The van der Waals surface area contributed by atoms with Crippen LogP contribution in [0.1, 0.15) is 43.0 Å². The molecule has 0 heterocycles. The van der Waals surface area contributed by atoms with Crippen LogP contribution >= 0.6 is 0 Å². The Kier molecular flexibility index (Phi) is 5.69. The van der Waals surface area contributed by atoms with Crippen LogP contribution in [-0.4, -0.2) is 17.0 Å². The van der Waals surface area contributed by atoms with Crippen LogP contribution in [0.4, 0.5) is 0 Å². The van der Waals surface area contributed by atoms with Gasteiger partial charge in [0.2, 0.25) is 0 Å². The van der Waals surface area contributed by atoms with E-state index in [1.807, 2.05) is 32.9 Å². The number of phenols is 1. The quantitative estimate of drug-likeness (QED) is 0.498. The van der Waals surface area contributed by atoms with Crippen LogP contribution in [0.5, 0.6) is 17.2 Å². The lowest BCUT2D eigenvalue weighted by Gasteiger charge is -2.13. The number of carbonyl (C=O) groups excluding carboxylic acids is 2. The van der Waals surface area contributed by atoms with Gasteiger partial charge in [-0.15, -0.1) is 0 Å². The molecule has 1 N–H and O–H groups in total. The summed E-state index contributed by atoms with van der Waals surface area (Å²) >= 11 is 0. The van der Waals surface area contributed by atoms with Gasteiger partial charge in [0, 0.05) is 0 Å². The van der Waals surface area contributed by atoms with Crippen molar-refractivity contribution in [3.05, 3.63) is 88.0 Å². The van der Waals surface area contributed by atoms with E-state index in [9.17, 15) is 14.7 Å². The molecule has 0 amide bonds. The highest BCUT2D eigenvalue weighted by atomic mass is 16.6. The Morgan fingerprint density at radius 1 is 0.655 bits per heavy atom. The van der Waals surface area contributed by atoms with Gasteiger partial charge in [-0.25, -0.2) is 9.59 Å². The van der Waals surface area contributed by atoms with Crippen LogP contribution in [0.3, 0.4) is 0 Å². The summed E-state index contributed by atoms with van der Waals surface area (Å²) in [6.45, 7) is 7.37. The maximum atomic E-state index is 12.8. The second-order valence-electron chi connectivity index (χ2n) is 7.07. The van der Waals surface area contributed by atoms with Gasteiger partial charge in [0.05, 0.1) is 0 Å². The second kappa shape index (κ2) is 8.19. The number of hydrogen-bond acceptors (Lipinski definition) is 5. The Balaban J connectivity index is 1.90. The molecule has 0 aliphatic heterocycles. The molecule has 3 aromatic rings. The second-order valence-corrected chi connectivity index (χ2v) is 7.07. The molecule has 0 spiro atoms. The smallest absolute Gasteiger partial charge is 0.347 e. The number of rotatable bonds is 4. The first kappa shape index (κ1) is 20.1. The average molecular weight is 390 g/mol. The molecule has 0 bridgehead atoms. The van der Waals surface area contributed by atoms with E-state index in [4.69, 9.17) is 9.47 Å². The maximum absolute atomic E-state index is 12.8. The Morgan fingerprint density at radius 2 is 1.14 bits per heavy atom. The van der Waals surface area contributed by atoms with Crippen LogP contribution in [-0.2, 0) is 0 Å². The van der Waals surface area contributed by atoms with Gasteiger partial charge in [0.15, 0.2) is 0 Å². The van der Waals surface area contributed by atoms with Crippen molar-refractivity contribution in [2.24, 2.45) is 0 Å². The number of benzene rings is 3. The molecule has 0 aliphatic carbocycles. The molecular formula is C24H22O5. The number of phenolic OH excluding ortho intramolecular Hbond substituents is 1. The highest BCUT2D eigenvalue weighted by Crippen LogP contribution is 2.27. The van der Waals surface area contributed by atoms with Crippen molar-refractivity contribution in [3.63, 3.8) is 0 Å². The minimum Gasteiger partial charge on any atom is -0.507 e. The van der Waals surface area contributed by atoms with Gasteiger partial charge in [-0.3, -0.25) is 0 Å². The SMILES string of the molecule is Cc1ccc(C(=O)Oc2cc(C)ccc2C(=O)Oc2cc(C)ccc2C)c(O)c1.